The van der Waals surface area contributed by atoms with Gasteiger partial charge in [-0.2, -0.15) is 0 Å². The molecule has 0 aliphatic heterocycles. The molecule has 2 aromatic rings. The average Bonchev–Trinajstić information content (AvgIpc) is 2.54. The Labute approximate surface area is 127 Å². The first kappa shape index (κ1) is 15.7. The van der Waals surface area contributed by atoms with Crippen molar-refractivity contribution in [1.29, 1.82) is 0 Å². The van der Waals surface area contributed by atoms with Crippen LogP contribution in [0.25, 0.3) is 6.08 Å². The number of carbonyl (C=O) groups excluding carboxylic acids is 1. The van der Waals surface area contributed by atoms with E-state index in [4.69, 9.17) is 4.74 Å². The summed E-state index contributed by atoms with van der Waals surface area (Å²) >= 11 is 0. The molecule has 1 amide bonds. The molecule has 22 heavy (non-hydrogen) atoms. The molecule has 0 radical (unpaired) electrons. The van der Waals surface area contributed by atoms with E-state index in [1.54, 1.807) is 37.4 Å². The highest BCUT2D eigenvalue weighted by atomic mass is 19.2. The van der Waals surface area contributed by atoms with Crippen molar-refractivity contribution in [2.45, 2.75) is 6.61 Å². The molecule has 0 bridgehead atoms. The number of hydrogen-bond donors (Lipinski definition) is 1. The van der Waals surface area contributed by atoms with Crippen LogP contribution in [0.1, 0.15) is 11.1 Å². The van der Waals surface area contributed by atoms with E-state index in [1.165, 1.54) is 12.1 Å². The van der Waals surface area contributed by atoms with E-state index >= 15 is 0 Å². The smallest absolute Gasteiger partial charge is 0.243 e. The molecular formula is C17H15F2NO2. The number of rotatable bonds is 5. The molecule has 0 aromatic heterocycles. The zero-order valence-electron chi connectivity index (χ0n) is 12.0. The second-order valence-electron chi connectivity index (χ2n) is 4.55. The minimum Gasteiger partial charge on any atom is -0.489 e. The SMILES string of the molecule is CNC(=O)/C=C/c1ccc(OCc2ccc(F)c(F)c2)cc1. The standard InChI is InChI=1S/C17H15F2NO2/c1-20-17(21)9-5-12-2-6-14(7-3-12)22-11-13-4-8-15(18)16(19)10-13/h2-10H,11H2,1H3,(H,20,21)/b9-5+. The molecule has 0 saturated carbocycles. The maximum atomic E-state index is 13.1. The van der Waals surface area contributed by atoms with Crippen LogP contribution in [0.5, 0.6) is 5.75 Å². The second kappa shape index (κ2) is 7.36. The van der Waals surface area contributed by atoms with Crippen LogP contribution >= 0.6 is 0 Å². The van der Waals surface area contributed by atoms with Crippen LogP contribution in [0.3, 0.4) is 0 Å². The van der Waals surface area contributed by atoms with Gasteiger partial charge < -0.3 is 10.1 Å². The molecule has 1 N–H and O–H groups in total. The van der Waals surface area contributed by atoms with E-state index in [2.05, 4.69) is 5.32 Å². The monoisotopic (exact) mass is 303 g/mol. The van der Waals surface area contributed by atoms with Crippen LogP contribution in [-0.2, 0) is 11.4 Å². The van der Waals surface area contributed by atoms with Crippen LogP contribution in [0.15, 0.2) is 48.5 Å². The lowest BCUT2D eigenvalue weighted by molar-refractivity contribution is -0.115. The molecule has 2 aromatic carbocycles. The van der Waals surface area contributed by atoms with Gasteiger partial charge in [-0.1, -0.05) is 18.2 Å². The van der Waals surface area contributed by atoms with Gasteiger partial charge in [-0.05, 0) is 41.5 Å². The van der Waals surface area contributed by atoms with Gasteiger partial charge in [0.25, 0.3) is 0 Å². The largest absolute Gasteiger partial charge is 0.489 e. The fourth-order valence-corrected chi connectivity index (χ4v) is 1.73. The molecule has 114 valence electrons. The molecule has 0 aliphatic carbocycles. The number of hydrogen-bond acceptors (Lipinski definition) is 2. The first-order valence-corrected chi connectivity index (χ1v) is 6.65. The first-order chi connectivity index (χ1) is 10.6. The fourth-order valence-electron chi connectivity index (χ4n) is 1.73. The molecule has 0 fully saturated rings. The summed E-state index contributed by atoms with van der Waals surface area (Å²) in [5.74, 6) is -1.35. The molecular weight excluding hydrogens is 288 g/mol. The lowest BCUT2D eigenvalue weighted by Crippen LogP contribution is -2.13. The van der Waals surface area contributed by atoms with Crippen molar-refractivity contribution >= 4 is 12.0 Å². The van der Waals surface area contributed by atoms with Crippen LogP contribution in [0, 0.1) is 11.6 Å². The number of ether oxygens (including phenoxy) is 1. The Morgan fingerprint density at radius 3 is 2.50 bits per heavy atom. The van der Waals surface area contributed by atoms with Gasteiger partial charge in [-0.25, -0.2) is 8.78 Å². The number of nitrogens with one attached hydrogen (secondary N) is 1. The molecule has 2 rings (SSSR count). The zero-order chi connectivity index (χ0) is 15.9. The Morgan fingerprint density at radius 1 is 1.14 bits per heavy atom. The normalized spacial score (nSPS) is 10.7. The summed E-state index contributed by atoms with van der Waals surface area (Å²) in [4.78, 5) is 11.1. The molecule has 0 spiro atoms. The highest BCUT2D eigenvalue weighted by Gasteiger charge is 2.03. The van der Waals surface area contributed by atoms with Crippen molar-refractivity contribution in [2.75, 3.05) is 7.05 Å². The summed E-state index contributed by atoms with van der Waals surface area (Å²) in [7, 11) is 1.56. The summed E-state index contributed by atoms with van der Waals surface area (Å²) in [5, 5.41) is 2.49. The van der Waals surface area contributed by atoms with Crippen LogP contribution in [-0.4, -0.2) is 13.0 Å². The van der Waals surface area contributed by atoms with Crippen molar-refractivity contribution < 1.29 is 18.3 Å². The molecule has 0 unspecified atom stereocenters. The Balaban J connectivity index is 1.95. The Kier molecular flexibility index (Phi) is 5.25. The number of amides is 1. The molecule has 3 nitrogen and oxygen atoms in total. The van der Waals surface area contributed by atoms with E-state index in [0.29, 0.717) is 11.3 Å². The highest BCUT2D eigenvalue weighted by Crippen LogP contribution is 2.16. The van der Waals surface area contributed by atoms with Crippen molar-refractivity contribution in [3.63, 3.8) is 0 Å². The van der Waals surface area contributed by atoms with Gasteiger partial charge >= 0.3 is 0 Å². The lowest BCUT2D eigenvalue weighted by atomic mass is 10.2. The third-order valence-electron chi connectivity index (χ3n) is 2.94. The van der Waals surface area contributed by atoms with Gasteiger partial charge in [0.15, 0.2) is 11.6 Å². The van der Waals surface area contributed by atoms with E-state index in [9.17, 15) is 13.6 Å². The average molecular weight is 303 g/mol. The fraction of sp³-hybridized carbons (Fsp3) is 0.118. The third kappa shape index (κ3) is 4.41. The van der Waals surface area contributed by atoms with Crippen molar-refractivity contribution in [1.82, 2.24) is 5.32 Å². The minimum absolute atomic E-state index is 0.143. The van der Waals surface area contributed by atoms with Crippen molar-refractivity contribution in [2.24, 2.45) is 0 Å². The minimum atomic E-state index is -0.893. The summed E-state index contributed by atoms with van der Waals surface area (Å²) < 4.78 is 31.4. The number of likely N-dealkylation sites (N-methyl/N-ethyl adjacent to an activating group) is 1. The van der Waals surface area contributed by atoms with Crippen LogP contribution in [0.4, 0.5) is 8.78 Å². The third-order valence-corrected chi connectivity index (χ3v) is 2.94. The van der Waals surface area contributed by atoms with Gasteiger partial charge in [0.1, 0.15) is 12.4 Å². The number of halogens is 2. The van der Waals surface area contributed by atoms with Crippen LogP contribution < -0.4 is 10.1 Å². The predicted molar refractivity (Wildman–Crippen MR) is 80.2 cm³/mol. The lowest BCUT2D eigenvalue weighted by Gasteiger charge is -2.07. The van der Waals surface area contributed by atoms with Gasteiger partial charge in [-0.15, -0.1) is 0 Å². The van der Waals surface area contributed by atoms with Gasteiger partial charge in [-0.3, -0.25) is 4.79 Å². The van der Waals surface area contributed by atoms with Gasteiger partial charge in [0.05, 0.1) is 0 Å². The molecule has 5 heteroatoms. The maximum Gasteiger partial charge on any atom is 0.243 e. The van der Waals surface area contributed by atoms with Crippen molar-refractivity contribution in [3.8, 4) is 5.75 Å². The molecule has 0 heterocycles. The summed E-state index contributed by atoms with van der Waals surface area (Å²) in [6.45, 7) is 0.143. The quantitative estimate of drug-likeness (QED) is 0.861. The summed E-state index contributed by atoms with van der Waals surface area (Å²) in [6, 6.07) is 10.7. The highest BCUT2D eigenvalue weighted by molar-refractivity contribution is 5.91. The second-order valence-corrected chi connectivity index (χ2v) is 4.55. The molecule has 0 saturated heterocycles. The van der Waals surface area contributed by atoms with Gasteiger partial charge in [0, 0.05) is 13.1 Å². The van der Waals surface area contributed by atoms with Crippen molar-refractivity contribution in [3.05, 3.63) is 71.3 Å². The topological polar surface area (TPSA) is 38.3 Å². The predicted octanol–water partition coefficient (Wildman–Crippen LogP) is 3.30. The van der Waals surface area contributed by atoms with Gasteiger partial charge in [0.2, 0.25) is 5.91 Å². The first-order valence-electron chi connectivity index (χ1n) is 6.65. The summed E-state index contributed by atoms with van der Waals surface area (Å²) in [6.07, 6.45) is 3.11. The number of benzene rings is 2. The van der Waals surface area contributed by atoms with E-state index < -0.39 is 11.6 Å². The van der Waals surface area contributed by atoms with Crippen LogP contribution in [0.2, 0.25) is 0 Å². The summed E-state index contributed by atoms with van der Waals surface area (Å²) in [5.41, 5.74) is 1.39. The molecule has 0 aliphatic rings. The maximum absolute atomic E-state index is 13.1. The molecule has 0 atom stereocenters. The Bertz CT molecular complexity index is 682. The van der Waals surface area contributed by atoms with E-state index in [-0.39, 0.29) is 12.5 Å². The zero-order valence-corrected chi connectivity index (χ0v) is 12.0. The van der Waals surface area contributed by atoms with E-state index in [0.717, 1.165) is 17.7 Å². The number of carbonyl (C=O) groups is 1. The Morgan fingerprint density at radius 2 is 1.86 bits per heavy atom. The van der Waals surface area contributed by atoms with E-state index in [1.807, 2.05) is 0 Å². The Hall–Kier alpha value is -2.69.